The summed E-state index contributed by atoms with van der Waals surface area (Å²) in [5.41, 5.74) is 0. The Morgan fingerprint density at radius 2 is 0.838 bits per heavy atom. The van der Waals surface area contributed by atoms with Crippen molar-refractivity contribution in [3.8, 4) is 0 Å². The second kappa shape index (κ2) is 23.0. The smallest absolute Gasteiger partial charge is 0.335 e. The van der Waals surface area contributed by atoms with Crippen LogP contribution in [0.3, 0.4) is 0 Å². The Hall–Kier alpha value is -2.20. The molecule has 1 aliphatic rings. The van der Waals surface area contributed by atoms with Gasteiger partial charge < -0.3 is 42.7 Å². The Kier molecular flexibility index (Phi) is 20.4. The van der Waals surface area contributed by atoms with E-state index in [9.17, 15) is 19.2 Å². The number of amides is 2. The van der Waals surface area contributed by atoms with Crippen molar-refractivity contribution in [3.63, 3.8) is 0 Å². The number of hydroxylamine groups is 2. The minimum atomic E-state index is -0.701. The molecule has 1 heterocycles. The molecule has 0 saturated carbocycles. The van der Waals surface area contributed by atoms with Crippen LogP contribution in [0, 0.1) is 0 Å². The lowest BCUT2D eigenvalue weighted by atomic mass is 10.4. The van der Waals surface area contributed by atoms with Crippen LogP contribution in [-0.4, -0.2) is 128 Å². The van der Waals surface area contributed by atoms with E-state index in [1.165, 1.54) is 7.11 Å². The van der Waals surface area contributed by atoms with Crippen LogP contribution in [0.15, 0.2) is 0 Å². The first-order valence-corrected chi connectivity index (χ1v) is 12.2. The van der Waals surface area contributed by atoms with Gasteiger partial charge in [-0.15, -0.1) is 5.06 Å². The molecule has 0 aromatic carbocycles. The molecule has 214 valence electrons. The largest absolute Gasteiger partial charge is 0.469 e. The molecule has 0 N–H and O–H groups in total. The van der Waals surface area contributed by atoms with Gasteiger partial charge in [0.1, 0.15) is 0 Å². The average molecular weight is 538 g/mol. The van der Waals surface area contributed by atoms with Crippen LogP contribution in [0.5, 0.6) is 0 Å². The lowest BCUT2D eigenvalue weighted by molar-refractivity contribution is -0.198. The predicted octanol–water partition coefficient (Wildman–Crippen LogP) is -0.337. The maximum absolute atomic E-state index is 11.6. The zero-order valence-electron chi connectivity index (χ0n) is 21.5. The number of nitrogens with zero attached hydrogens (tertiary/aromatic N) is 1. The molecule has 0 atom stereocenters. The number of rotatable bonds is 25. The normalized spacial score (nSPS) is 13.4. The third-order valence-electron chi connectivity index (χ3n) is 4.56. The quantitative estimate of drug-likeness (QED) is 0.0848. The van der Waals surface area contributed by atoms with Gasteiger partial charge in [0.2, 0.25) is 0 Å². The molecule has 14 heteroatoms. The van der Waals surface area contributed by atoms with Gasteiger partial charge >= 0.3 is 11.9 Å². The Balaban J connectivity index is 1.71. The van der Waals surface area contributed by atoms with E-state index in [-0.39, 0.29) is 44.9 Å². The van der Waals surface area contributed by atoms with Gasteiger partial charge in [0.25, 0.3) is 11.8 Å². The highest BCUT2D eigenvalue weighted by molar-refractivity contribution is 6.01. The summed E-state index contributed by atoms with van der Waals surface area (Å²) in [5.74, 6) is -2.02. The first kappa shape index (κ1) is 32.8. The van der Waals surface area contributed by atoms with Crippen molar-refractivity contribution in [2.24, 2.45) is 0 Å². The Morgan fingerprint density at radius 3 is 1.16 bits per heavy atom. The molecule has 37 heavy (non-hydrogen) atoms. The van der Waals surface area contributed by atoms with Crippen LogP contribution in [-0.2, 0) is 61.9 Å². The van der Waals surface area contributed by atoms with Crippen LogP contribution in [0.25, 0.3) is 0 Å². The highest BCUT2D eigenvalue weighted by Crippen LogP contribution is 2.12. The number of carbonyl (C=O) groups excluding carboxylic acids is 4. The fraction of sp³-hybridized carbons (Fsp3) is 0.826. The second-order valence-electron chi connectivity index (χ2n) is 7.41. The molecule has 1 saturated heterocycles. The van der Waals surface area contributed by atoms with Gasteiger partial charge in [-0.25, -0.2) is 4.79 Å². The summed E-state index contributed by atoms with van der Waals surface area (Å²) in [7, 11) is 1.34. The number of ether oxygens (including phenoxy) is 8. The molecule has 1 fully saturated rings. The Bertz CT molecular complexity index is 630. The van der Waals surface area contributed by atoms with Crippen molar-refractivity contribution in [1.82, 2.24) is 5.06 Å². The van der Waals surface area contributed by atoms with Crippen molar-refractivity contribution in [2.45, 2.75) is 25.7 Å². The van der Waals surface area contributed by atoms with E-state index in [0.717, 1.165) is 0 Å². The van der Waals surface area contributed by atoms with E-state index < -0.39 is 17.8 Å². The first-order chi connectivity index (χ1) is 18.0. The van der Waals surface area contributed by atoms with E-state index in [1.807, 2.05) is 0 Å². The monoisotopic (exact) mass is 537 g/mol. The Labute approximate surface area is 216 Å². The summed E-state index contributed by atoms with van der Waals surface area (Å²) < 4.78 is 41.8. The molecule has 0 spiro atoms. The summed E-state index contributed by atoms with van der Waals surface area (Å²) in [6.45, 7) is 5.35. The van der Waals surface area contributed by atoms with Gasteiger partial charge in [-0.3, -0.25) is 14.4 Å². The van der Waals surface area contributed by atoms with Crippen LogP contribution in [0.4, 0.5) is 0 Å². The standard InChI is InChI=1S/C23H39NO13/c1-29-22(27)4-6-30-8-10-32-12-14-34-16-18-36-19-17-35-15-13-33-11-9-31-7-5-23(28)37-24-20(25)2-3-21(24)26/h2-19H2,1H3. The minimum absolute atomic E-state index is 0.0593. The van der Waals surface area contributed by atoms with E-state index in [0.29, 0.717) is 84.3 Å². The van der Waals surface area contributed by atoms with Gasteiger partial charge in [0, 0.05) is 12.8 Å². The zero-order chi connectivity index (χ0) is 27.0. The minimum Gasteiger partial charge on any atom is -0.469 e. The zero-order valence-corrected chi connectivity index (χ0v) is 21.5. The first-order valence-electron chi connectivity index (χ1n) is 12.2. The van der Waals surface area contributed by atoms with Crippen molar-refractivity contribution in [3.05, 3.63) is 0 Å². The number of hydrogen-bond donors (Lipinski definition) is 0. The van der Waals surface area contributed by atoms with E-state index in [1.54, 1.807) is 0 Å². The highest BCUT2D eigenvalue weighted by Gasteiger charge is 2.32. The lowest BCUT2D eigenvalue weighted by Crippen LogP contribution is -2.32. The molecule has 1 rings (SSSR count). The maximum Gasteiger partial charge on any atom is 0.335 e. The number of esters is 1. The molecule has 0 aromatic heterocycles. The highest BCUT2D eigenvalue weighted by atomic mass is 16.7. The summed E-state index contributed by atoms with van der Waals surface area (Å²) in [4.78, 5) is 49.9. The number of methoxy groups -OCH3 is 1. The SMILES string of the molecule is COC(=O)CCOCCOCCOCCOCCOCCOCCOCCC(=O)ON1C(=O)CCC1=O. The summed E-state index contributed by atoms with van der Waals surface area (Å²) in [5, 5.41) is 0.514. The fourth-order valence-electron chi connectivity index (χ4n) is 2.64. The van der Waals surface area contributed by atoms with E-state index in [4.69, 9.17) is 38.0 Å². The van der Waals surface area contributed by atoms with Gasteiger partial charge in [0.15, 0.2) is 0 Å². The topological polar surface area (TPSA) is 155 Å². The molecule has 2 amide bonds. The van der Waals surface area contributed by atoms with Gasteiger partial charge in [0.05, 0.1) is 112 Å². The molecule has 0 radical (unpaired) electrons. The Morgan fingerprint density at radius 1 is 0.541 bits per heavy atom. The van der Waals surface area contributed by atoms with Gasteiger partial charge in [-0.2, -0.15) is 0 Å². The van der Waals surface area contributed by atoms with Crippen LogP contribution in [0.2, 0.25) is 0 Å². The van der Waals surface area contributed by atoms with Gasteiger partial charge in [-0.05, 0) is 0 Å². The van der Waals surface area contributed by atoms with Crippen molar-refractivity contribution < 1.29 is 61.9 Å². The van der Waals surface area contributed by atoms with Crippen molar-refractivity contribution in [2.75, 3.05) is 99.6 Å². The summed E-state index contributed by atoms with van der Waals surface area (Å²) in [6, 6.07) is 0. The molecular formula is C23H39NO13. The maximum atomic E-state index is 11.6. The molecule has 1 aliphatic heterocycles. The van der Waals surface area contributed by atoms with Gasteiger partial charge in [-0.1, -0.05) is 0 Å². The third kappa shape index (κ3) is 18.7. The molecule has 0 bridgehead atoms. The number of carbonyl (C=O) groups is 4. The number of imide groups is 1. The van der Waals surface area contributed by atoms with E-state index in [2.05, 4.69) is 4.74 Å². The lowest BCUT2D eigenvalue weighted by Gasteiger charge is -2.12. The summed E-state index contributed by atoms with van der Waals surface area (Å²) >= 11 is 0. The summed E-state index contributed by atoms with van der Waals surface area (Å²) in [6.07, 6.45) is 0.275. The van der Waals surface area contributed by atoms with Crippen molar-refractivity contribution in [1.29, 1.82) is 0 Å². The van der Waals surface area contributed by atoms with Crippen LogP contribution in [0.1, 0.15) is 25.7 Å². The third-order valence-corrected chi connectivity index (χ3v) is 4.56. The second-order valence-corrected chi connectivity index (χ2v) is 7.41. The average Bonchev–Trinajstić information content (AvgIpc) is 3.20. The fourth-order valence-corrected chi connectivity index (χ4v) is 2.64. The molecule has 0 aliphatic carbocycles. The predicted molar refractivity (Wildman–Crippen MR) is 124 cm³/mol. The van der Waals surface area contributed by atoms with Crippen molar-refractivity contribution >= 4 is 23.8 Å². The molecular weight excluding hydrogens is 498 g/mol. The van der Waals surface area contributed by atoms with Crippen LogP contribution >= 0.6 is 0 Å². The molecule has 0 aromatic rings. The van der Waals surface area contributed by atoms with E-state index >= 15 is 0 Å². The molecule has 14 nitrogen and oxygen atoms in total. The van der Waals surface area contributed by atoms with Crippen LogP contribution < -0.4 is 0 Å². The molecule has 0 unspecified atom stereocenters. The number of hydrogen-bond acceptors (Lipinski definition) is 13.